The predicted molar refractivity (Wildman–Crippen MR) is 154 cm³/mol. The first kappa shape index (κ1) is 21.2. The lowest BCUT2D eigenvalue weighted by Gasteiger charge is -2.31. The van der Waals surface area contributed by atoms with Crippen molar-refractivity contribution < 1.29 is 18.6 Å². The second kappa shape index (κ2) is 7.31. The molecular weight excluding hydrogens is 508 g/mol. The summed E-state index contributed by atoms with van der Waals surface area (Å²) in [6.07, 6.45) is 7.33. The van der Waals surface area contributed by atoms with Gasteiger partial charge in [-0.25, -0.2) is 0 Å². The number of para-hydroxylation sites is 2. The fourth-order valence-electron chi connectivity index (χ4n) is 6.85. The Morgan fingerprint density at radius 3 is 1.41 bits per heavy atom. The maximum Gasteiger partial charge on any atom is 0.716 e. The molecule has 0 bridgehead atoms. The van der Waals surface area contributed by atoms with Crippen molar-refractivity contribution in [3.05, 3.63) is 122 Å². The molecule has 0 saturated carbocycles. The first-order valence-electron chi connectivity index (χ1n) is 13.6. The second-order valence-electron chi connectivity index (χ2n) is 10.6. The van der Waals surface area contributed by atoms with Crippen molar-refractivity contribution in [1.82, 2.24) is 9.97 Å². The number of hydrogen-bond donors (Lipinski definition) is 0. The Hall–Kier alpha value is -5.62. The smallest absolute Gasteiger partial charge is 0.339 e. The number of hydrogen-bond acceptors (Lipinski definition) is 4. The lowest BCUT2D eigenvalue weighted by molar-refractivity contribution is -1.03. The van der Waals surface area contributed by atoms with E-state index in [9.17, 15) is 0 Å². The monoisotopic (exact) mass is 528 g/mol. The summed E-state index contributed by atoms with van der Waals surface area (Å²) < 4.78 is 19.0. The molecule has 4 aromatic heterocycles. The summed E-state index contributed by atoms with van der Waals surface area (Å²) in [6.45, 7) is 0. The molecule has 0 atom stereocenters. The first-order valence-corrected chi connectivity index (χ1v) is 13.6. The molecular formula is C35H20N4O2+2. The average molecular weight is 529 g/mol. The molecule has 7 aromatic rings. The minimum atomic E-state index is -1.30. The van der Waals surface area contributed by atoms with Gasteiger partial charge < -0.3 is 9.47 Å². The third kappa shape index (κ3) is 2.53. The van der Waals surface area contributed by atoms with Gasteiger partial charge in [0.2, 0.25) is 11.4 Å². The fourth-order valence-corrected chi connectivity index (χ4v) is 6.85. The molecule has 0 fully saturated rings. The van der Waals surface area contributed by atoms with Gasteiger partial charge in [-0.05, 0) is 57.7 Å². The Kier molecular flexibility index (Phi) is 3.79. The van der Waals surface area contributed by atoms with Crippen molar-refractivity contribution in [2.75, 3.05) is 0 Å². The van der Waals surface area contributed by atoms with Crippen LogP contribution in [0.4, 0.5) is 0 Å². The summed E-state index contributed by atoms with van der Waals surface area (Å²) >= 11 is 0. The van der Waals surface area contributed by atoms with Crippen LogP contribution < -0.4 is 18.6 Å². The van der Waals surface area contributed by atoms with Crippen molar-refractivity contribution in [1.29, 1.82) is 0 Å². The first-order chi connectivity index (χ1) is 20.3. The van der Waals surface area contributed by atoms with Crippen molar-refractivity contribution in [3.63, 3.8) is 0 Å². The highest BCUT2D eigenvalue weighted by Crippen LogP contribution is 2.50. The Morgan fingerprint density at radius 1 is 0.488 bits per heavy atom. The van der Waals surface area contributed by atoms with Crippen molar-refractivity contribution in [2.24, 2.45) is 0 Å². The summed E-state index contributed by atoms with van der Waals surface area (Å²) in [5.74, 6) is 1.54. The molecule has 6 nitrogen and oxygen atoms in total. The van der Waals surface area contributed by atoms with Crippen LogP contribution in [-0.4, -0.2) is 9.97 Å². The predicted octanol–water partition coefficient (Wildman–Crippen LogP) is 6.24. The van der Waals surface area contributed by atoms with Crippen LogP contribution in [0.15, 0.2) is 122 Å². The molecule has 0 amide bonds. The largest absolute Gasteiger partial charge is 0.716 e. The molecule has 0 unspecified atom stereocenters. The van der Waals surface area contributed by atoms with Crippen molar-refractivity contribution in [2.45, 2.75) is 6.03 Å². The summed E-state index contributed by atoms with van der Waals surface area (Å²) in [4.78, 5) is 8.79. The van der Waals surface area contributed by atoms with Gasteiger partial charge in [0, 0.05) is 59.2 Å². The third-order valence-corrected chi connectivity index (χ3v) is 8.55. The van der Waals surface area contributed by atoms with Crippen LogP contribution in [-0.2, 0) is 6.03 Å². The average Bonchev–Trinajstić information content (AvgIpc) is 3.35. The van der Waals surface area contributed by atoms with E-state index in [0.717, 1.165) is 78.1 Å². The molecule has 0 aliphatic carbocycles. The van der Waals surface area contributed by atoms with Crippen LogP contribution in [0.1, 0.15) is 0 Å². The maximum atomic E-state index is 7.26. The zero-order valence-electron chi connectivity index (χ0n) is 21.7. The molecule has 7 heterocycles. The van der Waals surface area contributed by atoms with Crippen LogP contribution >= 0.6 is 0 Å². The molecule has 3 aliphatic rings. The Labute approximate surface area is 234 Å². The van der Waals surface area contributed by atoms with E-state index in [2.05, 4.69) is 104 Å². The molecule has 0 radical (unpaired) electrons. The summed E-state index contributed by atoms with van der Waals surface area (Å²) in [6, 6.07) is 32.5. The third-order valence-electron chi connectivity index (χ3n) is 8.55. The van der Waals surface area contributed by atoms with Gasteiger partial charge in [-0.1, -0.05) is 36.4 Å². The van der Waals surface area contributed by atoms with Crippen molar-refractivity contribution >= 4 is 21.8 Å². The van der Waals surface area contributed by atoms with Crippen molar-refractivity contribution in [3.8, 4) is 56.3 Å². The van der Waals surface area contributed by atoms with E-state index in [1.165, 1.54) is 0 Å². The Morgan fingerprint density at radius 2 is 0.951 bits per heavy atom. The lowest BCUT2D eigenvalue weighted by Crippen LogP contribution is -2.79. The van der Waals surface area contributed by atoms with Gasteiger partial charge in [-0.15, -0.1) is 0 Å². The zero-order chi connectivity index (χ0) is 26.7. The van der Waals surface area contributed by atoms with Gasteiger partial charge in [0.1, 0.15) is 0 Å². The minimum absolute atomic E-state index is 0.769. The van der Waals surface area contributed by atoms with E-state index in [4.69, 9.17) is 9.47 Å². The number of ether oxygens (including phenoxy) is 2. The number of rotatable bonds is 2. The molecule has 0 saturated heterocycles. The minimum Gasteiger partial charge on any atom is -0.339 e. The molecule has 1 spiro atoms. The molecule has 190 valence electrons. The van der Waals surface area contributed by atoms with E-state index in [1.807, 2.05) is 24.5 Å². The van der Waals surface area contributed by atoms with E-state index in [0.29, 0.717) is 0 Å². The SMILES string of the molecule is c1cncc(-c2cccc3c2OC24Oc5c(-c6cccnc6)cccc5-c5ccc6ccc7ccc-3[n+]2c7c6[n+]54)c1. The van der Waals surface area contributed by atoms with Crippen LogP contribution in [0.5, 0.6) is 11.5 Å². The van der Waals surface area contributed by atoms with Gasteiger partial charge in [0.15, 0.2) is 11.5 Å². The molecule has 6 heteroatoms. The number of pyridine rings is 4. The van der Waals surface area contributed by atoms with E-state index >= 15 is 0 Å². The quantitative estimate of drug-likeness (QED) is 0.197. The van der Waals surface area contributed by atoms with Gasteiger partial charge in [0.25, 0.3) is 11.0 Å². The van der Waals surface area contributed by atoms with Crippen LogP contribution in [0.25, 0.3) is 66.6 Å². The Balaban J connectivity index is 1.35. The summed E-state index contributed by atoms with van der Waals surface area (Å²) in [7, 11) is 0. The highest BCUT2D eigenvalue weighted by molar-refractivity contribution is 6.01. The molecule has 41 heavy (non-hydrogen) atoms. The number of nitrogens with zero attached hydrogens (tertiary/aromatic N) is 4. The Bertz CT molecular complexity index is 2100. The lowest BCUT2D eigenvalue weighted by atomic mass is 9.98. The van der Waals surface area contributed by atoms with Gasteiger partial charge >= 0.3 is 6.03 Å². The normalized spacial score (nSPS) is 14.4. The van der Waals surface area contributed by atoms with Crippen LogP contribution in [0.2, 0.25) is 0 Å². The standard InChI is InChI=1S/C35H20N4O2/c1-7-25(23-5-3-17-36-19-23)33-27(9-1)29-15-13-21-11-12-22-14-16-30-28-10-2-8-26(24-6-4-18-37-20-24)34(28)41-35(40-33)38(29)31(21)32(22)39(30)35/h1-20H/q+2. The number of benzene rings is 3. The van der Waals surface area contributed by atoms with Crippen LogP contribution in [0.3, 0.4) is 0 Å². The van der Waals surface area contributed by atoms with Gasteiger partial charge in [-0.3, -0.25) is 9.97 Å². The number of fused-ring (bicyclic) bond motifs is 4. The van der Waals surface area contributed by atoms with E-state index in [1.54, 1.807) is 12.4 Å². The highest BCUT2D eigenvalue weighted by atomic mass is 16.7. The molecule has 3 aromatic carbocycles. The van der Waals surface area contributed by atoms with E-state index < -0.39 is 6.03 Å². The highest BCUT2D eigenvalue weighted by Gasteiger charge is 2.72. The second-order valence-corrected chi connectivity index (χ2v) is 10.6. The molecule has 10 rings (SSSR count). The van der Waals surface area contributed by atoms with E-state index in [-0.39, 0.29) is 0 Å². The van der Waals surface area contributed by atoms with Gasteiger partial charge in [-0.2, -0.15) is 0 Å². The maximum absolute atomic E-state index is 7.26. The van der Waals surface area contributed by atoms with Crippen LogP contribution in [0, 0.1) is 0 Å². The summed E-state index contributed by atoms with van der Waals surface area (Å²) in [5.41, 5.74) is 10.2. The topological polar surface area (TPSA) is 52.0 Å². The zero-order valence-corrected chi connectivity index (χ0v) is 21.7. The summed E-state index contributed by atoms with van der Waals surface area (Å²) in [5, 5.41) is 2.26. The molecule has 0 N–H and O–H groups in total. The van der Waals surface area contributed by atoms with Gasteiger partial charge in [0.05, 0.1) is 21.9 Å². The number of aromatic nitrogens is 4. The molecule has 3 aliphatic heterocycles. The fraction of sp³-hybridized carbons (Fsp3) is 0.0286.